The normalized spacial score (nSPS) is 14.7. The average molecular weight is 418 g/mol. The summed E-state index contributed by atoms with van der Waals surface area (Å²) < 4.78 is 7.04. The van der Waals surface area contributed by atoms with E-state index in [9.17, 15) is 9.59 Å². The van der Waals surface area contributed by atoms with Crippen LogP contribution in [0.4, 0.5) is 0 Å². The number of methoxy groups -OCH3 is 1. The first-order valence-electron chi connectivity index (χ1n) is 10.4. The predicted molar refractivity (Wildman–Crippen MR) is 117 cm³/mol. The molecular formula is C24H26N4O3. The maximum Gasteiger partial charge on any atom is 0.255 e. The first kappa shape index (κ1) is 20.7. The Labute approximate surface area is 181 Å². The number of nitrogens with one attached hydrogen (secondary N) is 2. The molecule has 0 fully saturated rings. The third-order valence-corrected chi connectivity index (χ3v) is 5.46. The Balaban J connectivity index is 1.28. The molecular weight excluding hydrogens is 392 g/mol. The molecule has 31 heavy (non-hydrogen) atoms. The van der Waals surface area contributed by atoms with E-state index in [1.807, 2.05) is 59.3 Å². The number of hydrogen-bond donors (Lipinski definition) is 2. The van der Waals surface area contributed by atoms with Gasteiger partial charge in [0.15, 0.2) is 0 Å². The van der Waals surface area contributed by atoms with E-state index in [1.165, 1.54) is 0 Å². The largest absolute Gasteiger partial charge is 0.497 e. The first-order valence-corrected chi connectivity index (χ1v) is 10.4. The summed E-state index contributed by atoms with van der Waals surface area (Å²) in [6.07, 6.45) is 3.25. The van der Waals surface area contributed by atoms with Crippen molar-refractivity contribution in [2.24, 2.45) is 0 Å². The smallest absolute Gasteiger partial charge is 0.255 e. The Morgan fingerprint density at radius 3 is 2.74 bits per heavy atom. The monoisotopic (exact) mass is 418 g/mol. The van der Waals surface area contributed by atoms with Crippen molar-refractivity contribution < 1.29 is 14.3 Å². The third kappa shape index (κ3) is 5.12. The number of carbonyl (C=O) groups excluding carboxylic acids is 2. The quantitative estimate of drug-likeness (QED) is 0.589. The van der Waals surface area contributed by atoms with E-state index in [-0.39, 0.29) is 17.9 Å². The van der Waals surface area contributed by atoms with Crippen LogP contribution in [-0.4, -0.2) is 34.7 Å². The van der Waals surface area contributed by atoms with Gasteiger partial charge in [0.05, 0.1) is 37.2 Å². The Morgan fingerprint density at radius 2 is 1.94 bits per heavy atom. The molecule has 160 valence electrons. The van der Waals surface area contributed by atoms with Crippen molar-refractivity contribution in [3.63, 3.8) is 0 Å². The molecule has 7 heteroatoms. The number of nitrogens with zero attached hydrogens (tertiary/aromatic N) is 2. The number of carbonyl (C=O) groups is 2. The molecule has 2 heterocycles. The molecule has 3 aromatic rings. The molecule has 0 bridgehead atoms. The number of benzene rings is 2. The second-order valence-corrected chi connectivity index (χ2v) is 7.68. The van der Waals surface area contributed by atoms with E-state index in [2.05, 4.69) is 15.7 Å². The van der Waals surface area contributed by atoms with Crippen LogP contribution in [0.15, 0.2) is 60.8 Å². The predicted octanol–water partition coefficient (Wildman–Crippen LogP) is 2.50. The van der Waals surface area contributed by atoms with Crippen molar-refractivity contribution in [3.8, 4) is 5.75 Å². The molecule has 4 rings (SSSR count). The number of hydrogen-bond acceptors (Lipinski definition) is 4. The van der Waals surface area contributed by atoms with Crippen LogP contribution in [0.1, 0.15) is 33.6 Å². The van der Waals surface area contributed by atoms with Crippen molar-refractivity contribution in [2.45, 2.75) is 38.4 Å². The van der Waals surface area contributed by atoms with E-state index < -0.39 is 0 Å². The van der Waals surface area contributed by atoms with Crippen LogP contribution in [0.5, 0.6) is 5.75 Å². The fourth-order valence-electron chi connectivity index (χ4n) is 3.84. The first-order chi connectivity index (χ1) is 15.1. The van der Waals surface area contributed by atoms with Crippen molar-refractivity contribution in [2.75, 3.05) is 7.11 Å². The van der Waals surface area contributed by atoms with Crippen LogP contribution < -0.4 is 15.4 Å². The topological polar surface area (TPSA) is 85.2 Å². The van der Waals surface area contributed by atoms with Gasteiger partial charge >= 0.3 is 0 Å². The lowest BCUT2D eigenvalue weighted by atomic mass is 10.1. The Hall–Kier alpha value is -3.61. The summed E-state index contributed by atoms with van der Waals surface area (Å²) in [5.74, 6) is 0.640. The molecule has 1 atom stereocenters. The lowest BCUT2D eigenvalue weighted by Gasteiger charge is -2.12. The molecule has 2 N–H and O–H groups in total. The standard InChI is InChI=1S/C24H26N4O3/c1-31-20-9-5-8-17(12-20)10-11-23(29)27-19-13-22-21(15-26-28(22)16-19)24(30)25-14-18-6-3-2-4-7-18/h2-9,12,15,19H,10-11,13-14,16H2,1H3,(H,25,30)(H,27,29). The van der Waals surface area contributed by atoms with Gasteiger partial charge in [-0.2, -0.15) is 5.10 Å². The summed E-state index contributed by atoms with van der Waals surface area (Å²) in [5, 5.41) is 10.4. The molecule has 0 saturated heterocycles. The van der Waals surface area contributed by atoms with E-state index in [1.54, 1.807) is 13.3 Å². The minimum absolute atomic E-state index is 0.00588. The zero-order chi connectivity index (χ0) is 21.6. The van der Waals surface area contributed by atoms with Crippen LogP contribution >= 0.6 is 0 Å². The molecule has 7 nitrogen and oxygen atoms in total. The van der Waals surface area contributed by atoms with Gasteiger partial charge in [0.1, 0.15) is 5.75 Å². The van der Waals surface area contributed by atoms with Crippen LogP contribution in [0, 0.1) is 0 Å². The Bertz CT molecular complexity index is 1060. The van der Waals surface area contributed by atoms with Gasteiger partial charge in [0.25, 0.3) is 5.91 Å². The molecule has 1 aliphatic heterocycles. The minimum atomic E-state index is -0.143. The molecule has 2 amide bonds. The van der Waals surface area contributed by atoms with Gasteiger partial charge in [-0.1, -0.05) is 42.5 Å². The zero-order valence-electron chi connectivity index (χ0n) is 17.5. The number of fused-ring (bicyclic) bond motifs is 1. The zero-order valence-corrected chi connectivity index (χ0v) is 17.5. The summed E-state index contributed by atoms with van der Waals surface area (Å²) in [7, 11) is 1.63. The van der Waals surface area contributed by atoms with Crippen molar-refractivity contribution >= 4 is 11.8 Å². The van der Waals surface area contributed by atoms with Crippen molar-refractivity contribution in [1.29, 1.82) is 0 Å². The molecule has 1 unspecified atom stereocenters. The highest BCUT2D eigenvalue weighted by molar-refractivity contribution is 5.95. The van der Waals surface area contributed by atoms with E-state index in [0.717, 1.165) is 22.6 Å². The van der Waals surface area contributed by atoms with E-state index >= 15 is 0 Å². The SMILES string of the molecule is COc1cccc(CCC(=O)NC2Cc3c(C(=O)NCc4ccccc4)cnn3C2)c1. The van der Waals surface area contributed by atoms with Gasteiger partial charge < -0.3 is 15.4 Å². The van der Waals surface area contributed by atoms with Gasteiger partial charge in [-0.15, -0.1) is 0 Å². The molecule has 0 radical (unpaired) electrons. The number of aryl methyl sites for hydroxylation is 1. The van der Waals surface area contributed by atoms with Crippen molar-refractivity contribution in [3.05, 3.63) is 83.2 Å². The van der Waals surface area contributed by atoms with Gasteiger partial charge in [-0.3, -0.25) is 14.3 Å². The van der Waals surface area contributed by atoms with Crippen LogP contribution in [0.2, 0.25) is 0 Å². The van der Waals surface area contributed by atoms with E-state index in [4.69, 9.17) is 4.74 Å². The fraction of sp³-hybridized carbons (Fsp3) is 0.292. The van der Waals surface area contributed by atoms with Gasteiger partial charge in [-0.05, 0) is 29.7 Å². The summed E-state index contributed by atoms with van der Waals surface area (Å²) in [5.41, 5.74) is 3.54. The number of aromatic nitrogens is 2. The number of rotatable bonds is 8. The Morgan fingerprint density at radius 1 is 1.13 bits per heavy atom. The lowest BCUT2D eigenvalue weighted by Crippen LogP contribution is -2.36. The van der Waals surface area contributed by atoms with Gasteiger partial charge in [-0.25, -0.2) is 0 Å². The average Bonchev–Trinajstić information content (AvgIpc) is 3.37. The third-order valence-electron chi connectivity index (χ3n) is 5.46. The minimum Gasteiger partial charge on any atom is -0.497 e. The molecule has 2 aromatic carbocycles. The van der Waals surface area contributed by atoms with Gasteiger partial charge in [0.2, 0.25) is 5.91 Å². The van der Waals surface area contributed by atoms with E-state index in [0.29, 0.717) is 37.9 Å². The molecule has 1 aromatic heterocycles. The highest BCUT2D eigenvalue weighted by atomic mass is 16.5. The summed E-state index contributed by atoms with van der Waals surface area (Å²) in [6.45, 7) is 1.04. The Kier molecular flexibility index (Phi) is 6.31. The second kappa shape index (κ2) is 9.47. The van der Waals surface area contributed by atoms with Crippen LogP contribution in [-0.2, 0) is 30.7 Å². The van der Waals surface area contributed by atoms with Crippen LogP contribution in [0.25, 0.3) is 0 Å². The summed E-state index contributed by atoms with van der Waals surface area (Å²) >= 11 is 0. The summed E-state index contributed by atoms with van der Waals surface area (Å²) in [6, 6.07) is 17.5. The number of amides is 2. The molecule has 0 saturated carbocycles. The molecule has 1 aliphatic rings. The fourth-order valence-corrected chi connectivity index (χ4v) is 3.84. The van der Waals surface area contributed by atoms with Gasteiger partial charge in [0, 0.05) is 19.4 Å². The second-order valence-electron chi connectivity index (χ2n) is 7.68. The number of ether oxygens (including phenoxy) is 1. The maximum atomic E-state index is 12.6. The van der Waals surface area contributed by atoms with Crippen LogP contribution in [0.3, 0.4) is 0 Å². The highest BCUT2D eigenvalue weighted by Gasteiger charge is 2.28. The lowest BCUT2D eigenvalue weighted by molar-refractivity contribution is -0.121. The van der Waals surface area contributed by atoms with Crippen molar-refractivity contribution in [1.82, 2.24) is 20.4 Å². The maximum absolute atomic E-state index is 12.6. The molecule has 0 spiro atoms. The summed E-state index contributed by atoms with van der Waals surface area (Å²) in [4.78, 5) is 25.0. The highest BCUT2D eigenvalue weighted by Crippen LogP contribution is 2.20. The molecule has 0 aliphatic carbocycles.